The highest BCUT2D eigenvalue weighted by Crippen LogP contribution is 2.20. The molecule has 3 N–H and O–H groups in total. The molecule has 3 aromatic rings. The number of benzene rings is 2. The van der Waals surface area contributed by atoms with Crippen molar-refractivity contribution in [2.75, 3.05) is 5.32 Å². The molecule has 0 saturated heterocycles. The molecule has 2 aromatic carbocycles. The predicted octanol–water partition coefficient (Wildman–Crippen LogP) is 3.15. The minimum Gasteiger partial charge on any atom is -0.335 e. The van der Waals surface area contributed by atoms with Crippen LogP contribution in [-0.4, -0.2) is 21.4 Å². The molecule has 0 atom stereocenters. The van der Waals surface area contributed by atoms with Crippen molar-refractivity contribution in [3.05, 3.63) is 65.9 Å². The summed E-state index contributed by atoms with van der Waals surface area (Å²) >= 11 is 0. The average molecular weight is 331 g/mol. The minimum absolute atomic E-state index is 0.0625. The molecule has 3 rings (SSSR count). The van der Waals surface area contributed by atoms with Crippen molar-refractivity contribution in [3.8, 4) is 0 Å². The number of hydrogen-bond acceptors (Lipinski definition) is 6. The van der Waals surface area contributed by atoms with Gasteiger partial charge < -0.3 is 5.32 Å². The van der Waals surface area contributed by atoms with Gasteiger partial charge in [-0.3, -0.25) is 10.7 Å². The summed E-state index contributed by atoms with van der Waals surface area (Å²) in [4.78, 5) is 4.10. The van der Waals surface area contributed by atoms with Crippen LogP contribution in [0.1, 0.15) is 5.69 Å². The molecule has 0 spiro atoms. The number of hydroxylamine groups is 1. The largest absolute Gasteiger partial charge is 0.335 e. The van der Waals surface area contributed by atoms with Crippen LogP contribution >= 0.6 is 0 Å². The van der Waals surface area contributed by atoms with Gasteiger partial charge >= 0.3 is 0 Å². The van der Waals surface area contributed by atoms with Crippen LogP contribution in [0.15, 0.2) is 58.2 Å². The molecule has 7 nitrogen and oxygen atoms in total. The number of rotatable bonds is 4. The third-order valence-corrected chi connectivity index (χ3v) is 2.99. The van der Waals surface area contributed by atoms with Crippen LogP contribution in [0.2, 0.25) is 0 Å². The predicted molar refractivity (Wildman–Crippen MR) is 81.5 cm³/mol. The topological polar surface area (TPSA) is 95.6 Å². The first kappa shape index (κ1) is 15.6. The van der Waals surface area contributed by atoms with E-state index in [1.165, 1.54) is 48.5 Å². The summed E-state index contributed by atoms with van der Waals surface area (Å²) in [6.07, 6.45) is 0. The lowest BCUT2D eigenvalue weighted by molar-refractivity contribution is 0.234. The van der Waals surface area contributed by atoms with Crippen molar-refractivity contribution in [1.82, 2.24) is 15.8 Å². The second kappa shape index (κ2) is 6.84. The normalized spacial score (nSPS) is 11.4. The minimum atomic E-state index is -0.408. The summed E-state index contributed by atoms with van der Waals surface area (Å²) in [5.74, 6) is -0.694. The molecule has 24 heavy (non-hydrogen) atoms. The molecule has 0 radical (unpaired) electrons. The molecule has 0 amide bonds. The number of amidine groups is 1. The zero-order valence-corrected chi connectivity index (χ0v) is 12.1. The van der Waals surface area contributed by atoms with Crippen molar-refractivity contribution in [3.63, 3.8) is 0 Å². The molecule has 0 aliphatic rings. The Morgan fingerprint density at radius 3 is 2.21 bits per heavy atom. The highest BCUT2D eigenvalue weighted by Gasteiger charge is 2.17. The van der Waals surface area contributed by atoms with E-state index in [-0.39, 0.29) is 23.2 Å². The highest BCUT2D eigenvalue weighted by molar-refractivity contribution is 6.01. The van der Waals surface area contributed by atoms with Crippen molar-refractivity contribution >= 4 is 23.0 Å². The SMILES string of the molecule is ONC(=Nc1ccc(F)cc1)c1nonc1Nc1ccc(F)cc1. The maximum Gasteiger partial charge on any atom is 0.206 e. The number of halogens is 2. The lowest BCUT2D eigenvalue weighted by atomic mass is 10.3. The monoisotopic (exact) mass is 331 g/mol. The summed E-state index contributed by atoms with van der Waals surface area (Å²) in [6, 6.07) is 10.8. The molecule has 0 unspecified atom stereocenters. The van der Waals surface area contributed by atoms with Gasteiger partial charge in [0.05, 0.1) is 5.69 Å². The van der Waals surface area contributed by atoms with Gasteiger partial charge in [-0.2, -0.15) is 0 Å². The third kappa shape index (κ3) is 3.52. The van der Waals surface area contributed by atoms with E-state index in [0.717, 1.165) is 0 Å². The Morgan fingerprint density at radius 1 is 0.958 bits per heavy atom. The van der Waals surface area contributed by atoms with E-state index in [2.05, 4.69) is 25.3 Å². The first-order valence-electron chi connectivity index (χ1n) is 6.75. The van der Waals surface area contributed by atoms with Gasteiger partial charge in [-0.05, 0) is 58.8 Å². The lowest BCUT2D eigenvalue weighted by Gasteiger charge is -2.05. The molecular formula is C15H11F2N5O2. The fraction of sp³-hybridized carbons (Fsp3) is 0. The van der Waals surface area contributed by atoms with Gasteiger partial charge in [0.25, 0.3) is 0 Å². The van der Waals surface area contributed by atoms with Gasteiger partial charge in [0.15, 0.2) is 11.5 Å². The number of anilines is 2. The van der Waals surface area contributed by atoms with Crippen molar-refractivity contribution in [2.24, 2.45) is 4.99 Å². The summed E-state index contributed by atoms with van der Waals surface area (Å²) in [7, 11) is 0. The van der Waals surface area contributed by atoms with Gasteiger partial charge in [-0.25, -0.2) is 18.4 Å². The molecule has 9 heteroatoms. The highest BCUT2D eigenvalue weighted by atomic mass is 19.1. The van der Waals surface area contributed by atoms with Crippen LogP contribution in [-0.2, 0) is 0 Å². The van der Waals surface area contributed by atoms with E-state index in [1.54, 1.807) is 0 Å². The Kier molecular flexibility index (Phi) is 4.43. The lowest BCUT2D eigenvalue weighted by Crippen LogP contribution is -2.21. The number of nitrogens with one attached hydrogen (secondary N) is 2. The summed E-state index contributed by atoms with van der Waals surface area (Å²) in [6.45, 7) is 0. The number of hydrogen-bond donors (Lipinski definition) is 3. The van der Waals surface area contributed by atoms with Gasteiger partial charge in [-0.15, -0.1) is 0 Å². The zero-order chi connectivity index (χ0) is 16.9. The quantitative estimate of drug-likeness (QED) is 0.386. The third-order valence-electron chi connectivity index (χ3n) is 2.99. The van der Waals surface area contributed by atoms with E-state index < -0.39 is 5.82 Å². The maximum absolute atomic E-state index is 12.9. The van der Waals surface area contributed by atoms with Crippen LogP contribution in [0.25, 0.3) is 0 Å². The van der Waals surface area contributed by atoms with Crippen LogP contribution < -0.4 is 10.8 Å². The first-order chi connectivity index (χ1) is 11.7. The molecule has 122 valence electrons. The Labute approximate surface area is 134 Å². The van der Waals surface area contributed by atoms with Crippen molar-refractivity contribution in [2.45, 2.75) is 0 Å². The Morgan fingerprint density at radius 2 is 1.58 bits per heavy atom. The zero-order valence-electron chi connectivity index (χ0n) is 12.1. The second-order valence-electron chi connectivity index (χ2n) is 4.64. The molecule has 1 heterocycles. The van der Waals surface area contributed by atoms with E-state index in [0.29, 0.717) is 11.4 Å². The van der Waals surface area contributed by atoms with Crippen LogP contribution in [0.3, 0.4) is 0 Å². The fourth-order valence-electron chi connectivity index (χ4n) is 1.87. The van der Waals surface area contributed by atoms with Crippen LogP contribution in [0.5, 0.6) is 0 Å². The van der Waals surface area contributed by atoms with Crippen LogP contribution in [0, 0.1) is 11.6 Å². The molecule has 0 aliphatic heterocycles. The number of nitrogens with zero attached hydrogens (tertiary/aromatic N) is 3. The van der Waals surface area contributed by atoms with Gasteiger partial charge in [0, 0.05) is 5.69 Å². The smallest absolute Gasteiger partial charge is 0.206 e. The Bertz CT molecular complexity index is 847. The van der Waals surface area contributed by atoms with Gasteiger partial charge in [-0.1, -0.05) is 0 Å². The molecule has 1 aromatic heterocycles. The Hall–Kier alpha value is -3.33. The van der Waals surface area contributed by atoms with E-state index >= 15 is 0 Å². The summed E-state index contributed by atoms with van der Waals surface area (Å²) < 4.78 is 30.5. The van der Waals surface area contributed by atoms with E-state index in [9.17, 15) is 14.0 Å². The Balaban J connectivity index is 1.89. The summed E-state index contributed by atoms with van der Waals surface area (Å²) in [5, 5.41) is 19.5. The van der Waals surface area contributed by atoms with E-state index in [4.69, 9.17) is 0 Å². The second-order valence-corrected chi connectivity index (χ2v) is 4.64. The molecule has 0 saturated carbocycles. The van der Waals surface area contributed by atoms with E-state index in [1.807, 2.05) is 5.48 Å². The van der Waals surface area contributed by atoms with Crippen molar-refractivity contribution < 1.29 is 18.6 Å². The van der Waals surface area contributed by atoms with Gasteiger partial charge in [0.2, 0.25) is 5.82 Å². The molecule has 0 bridgehead atoms. The first-order valence-corrected chi connectivity index (χ1v) is 6.75. The summed E-state index contributed by atoms with van der Waals surface area (Å²) in [5.41, 5.74) is 2.90. The van der Waals surface area contributed by atoms with Crippen molar-refractivity contribution in [1.29, 1.82) is 0 Å². The number of aromatic nitrogens is 2. The van der Waals surface area contributed by atoms with Gasteiger partial charge in [0.1, 0.15) is 11.6 Å². The standard InChI is InChI=1S/C15H11F2N5O2/c16-9-1-5-11(6-2-9)18-14(20-23)13-15(22-24-21-13)19-12-7-3-10(17)4-8-12/h1-8,23H,(H,18,20)(H,19,22). The number of aliphatic imine (C=N–C) groups is 1. The molecular weight excluding hydrogens is 320 g/mol. The fourth-order valence-corrected chi connectivity index (χ4v) is 1.87. The van der Waals surface area contributed by atoms with Crippen LogP contribution in [0.4, 0.5) is 26.0 Å². The molecule has 0 aliphatic carbocycles. The molecule has 0 fully saturated rings. The average Bonchev–Trinajstić information content (AvgIpc) is 3.04. The maximum atomic E-state index is 12.9.